The zero-order valence-electron chi connectivity index (χ0n) is 9.33. The molecule has 0 bridgehead atoms. The Morgan fingerprint density at radius 1 is 1.29 bits per heavy atom. The van der Waals surface area contributed by atoms with Crippen LogP contribution in [0.4, 0.5) is 0 Å². The second-order valence-corrected chi connectivity index (χ2v) is 5.23. The van der Waals surface area contributed by atoms with Crippen molar-refractivity contribution in [3.63, 3.8) is 0 Å². The van der Waals surface area contributed by atoms with E-state index in [4.69, 9.17) is 0 Å². The Morgan fingerprint density at radius 2 is 2.07 bits per heavy atom. The second kappa shape index (κ2) is 4.01. The van der Waals surface area contributed by atoms with E-state index in [9.17, 15) is 4.79 Å². The predicted molar refractivity (Wildman–Crippen MR) is 57.1 cm³/mol. The molecule has 0 heterocycles. The standard InChI is InChI=1S/C12H21NO/c1-13(2)8-9-6-7-11-10(9)4-3-5-12(11)14/h9-11H,3-8H2,1-2H3. The number of nitrogens with zero attached hydrogens (tertiary/aromatic N) is 1. The molecule has 0 aliphatic heterocycles. The van der Waals surface area contributed by atoms with Crippen LogP contribution in [0.2, 0.25) is 0 Å². The number of carbonyl (C=O) groups excluding carboxylic acids is 1. The van der Waals surface area contributed by atoms with Gasteiger partial charge in [0.1, 0.15) is 5.78 Å². The van der Waals surface area contributed by atoms with Crippen LogP contribution in [0.1, 0.15) is 32.1 Å². The SMILES string of the molecule is CN(C)CC1CCC2C(=O)CCCC12. The third kappa shape index (κ3) is 1.85. The molecule has 2 nitrogen and oxygen atoms in total. The first-order valence-electron chi connectivity index (χ1n) is 5.86. The fourth-order valence-electron chi connectivity index (χ4n) is 3.38. The van der Waals surface area contributed by atoms with E-state index in [1.54, 1.807) is 0 Å². The molecule has 2 heteroatoms. The van der Waals surface area contributed by atoms with Crippen LogP contribution in [0.3, 0.4) is 0 Å². The van der Waals surface area contributed by atoms with Gasteiger partial charge in [-0.05, 0) is 51.6 Å². The molecule has 2 rings (SSSR count). The number of Topliss-reactive ketones (excluding diaryl/α,β-unsaturated/α-hetero) is 1. The molecule has 2 saturated carbocycles. The normalized spacial score (nSPS) is 37.6. The topological polar surface area (TPSA) is 20.3 Å². The molecule has 0 N–H and O–H groups in total. The Morgan fingerprint density at radius 3 is 2.79 bits per heavy atom. The highest BCUT2D eigenvalue weighted by Crippen LogP contribution is 2.44. The average Bonchev–Trinajstić information content (AvgIpc) is 2.49. The Kier molecular flexibility index (Phi) is 2.91. The maximum atomic E-state index is 11.7. The molecule has 2 aliphatic rings. The Balaban J connectivity index is 2.00. The van der Waals surface area contributed by atoms with Gasteiger partial charge in [-0.25, -0.2) is 0 Å². The maximum Gasteiger partial charge on any atom is 0.136 e. The number of carbonyl (C=O) groups is 1. The van der Waals surface area contributed by atoms with E-state index in [0.29, 0.717) is 11.7 Å². The summed E-state index contributed by atoms with van der Waals surface area (Å²) >= 11 is 0. The van der Waals surface area contributed by atoms with Gasteiger partial charge in [0.2, 0.25) is 0 Å². The van der Waals surface area contributed by atoms with E-state index in [1.807, 2.05) is 0 Å². The summed E-state index contributed by atoms with van der Waals surface area (Å²) in [6, 6.07) is 0. The molecule has 0 radical (unpaired) electrons. The van der Waals surface area contributed by atoms with Gasteiger partial charge >= 0.3 is 0 Å². The molecule has 3 atom stereocenters. The minimum Gasteiger partial charge on any atom is -0.309 e. The van der Waals surface area contributed by atoms with Crippen LogP contribution in [-0.4, -0.2) is 31.3 Å². The molecule has 80 valence electrons. The Labute approximate surface area is 86.7 Å². The van der Waals surface area contributed by atoms with Crippen LogP contribution in [0.25, 0.3) is 0 Å². The Hall–Kier alpha value is -0.370. The van der Waals surface area contributed by atoms with Crippen molar-refractivity contribution in [2.75, 3.05) is 20.6 Å². The lowest BCUT2D eigenvalue weighted by molar-refractivity contribution is -0.126. The lowest BCUT2D eigenvalue weighted by Gasteiger charge is -2.29. The van der Waals surface area contributed by atoms with E-state index in [2.05, 4.69) is 19.0 Å². The number of ketones is 1. The lowest BCUT2D eigenvalue weighted by Crippen LogP contribution is -2.31. The first-order valence-corrected chi connectivity index (χ1v) is 5.86. The van der Waals surface area contributed by atoms with Crippen LogP contribution in [-0.2, 0) is 4.79 Å². The summed E-state index contributed by atoms with van der Waals surface area (Å²) in [7, 11) is 4.27. The zero-order chi connectivity index (χ0) is 10.1. The first-order chi connectivity index (χ1) is 6.68. The predicted octanol–water partition coefficient (Wildman–Crippen LogP) is 1.94. The van der Waals surface area contributed by atoms with Gasteiger partial charge in [-0.2, -0.15) is 0 Å². The van der Waals surface area contributed by atoms with Gasteiger partial charge < -0.3 is 4.90 Å². The number of hydrogen-bond acceptors (Lipinski definition) is 2. The van der Waals surface area contributed by atoms with Crippen molar-refractivity contribution in [3.8, 4) is 0 Å². The van der Waals surface area contributed by atoms with Gasteiger partial charge in [0.05, 0.1) is 0 Å². The molecule has 0 aromatic heterocycles. The van der Waals surface area contributed by atoms with E-state index < -0.39 is 0 Å². The third-order valence-electron chi connectivity index (χ3n) is 3.94. The van der Waals surface area contributed by atoms with Crippen molar-refractivity contribution in [3.05, 3.63) is 0 Å². The van der Waals surface area contributed by atoms with Crippen LogP contribution in [0.5, 0.6) is 0 Å². The van der Waals surface area contributed by atoms with E-state index in [-0.39, 0.29) is 0 Å². The van der Waals surface area contributed by atoms with Crippen molar-refractivity contribution in [2.45, 2.75) is 32.1 Å². The highest BCUT2D eigenvalue weighted by Gasteiger charge is 2.41. The molecule has 2 fully saturated rings. The van der Waals surface area contributed by atoms with Crippen LogP contribution >= 0.6 is 0 Å². The minimum atomic E-state index is 0.439. The summed E-state index contributed by atoms with van der Waals surface area (Å²) < 4.78 is 0. The fourth-order valence-corrected chi connectivity index (χ4v) is 3.38. The number of fused-ring (bicyclic) bond motifs is 1. The maximum absolute atomic E-state index is 11.7. The smallest absolute Gasteiger partial charge is 0.136 e. The highest BCUT2D eigenvalue weighted by molar-refractivity contribution is 5.82. The molecule has 0 saturated heterocycles. The summed E-state index contributed by atoms with van der Waals surface area (Å²) in [5.41, 5.74) is 0. The zero-order valence-corrected chi connectivity index (χ0v) is 9.33. The summed E-state index contributed by atoms with van der Waals surface area (Å²) in [5.74, 6) is 2.51. The summed E-state index contributed by atoms with van der Waals surface area (Å²) in [5, 5.41) is 0. The average molecular weight is 195 g/mol. The van der Waals surface area contributed by atoms with E-state index >= 15 is 0 Å². The second-order valence-electron chi connectivity index (χ2n) is 5.23. The highest BCUT2D eigenvalue weighted by atomic mass is 16.1. The van der Waals surface area contributed by atoms with Crippen molar-refractivity contribution < 1.29 is 4.79 Å². The van der Waals surface area contributed by atoms with E-state index in [1.165, 1.54) is 25.8 Å². The summed E-state index contributed by atoms with van der Waals surface area (Å²) in [6.45, 7) is 1.18. The van der Waals surface area contributed by atoms with Crippen LogP contribution in [0.15, 0.2) is 0 Å². The molecular formula is C12H21NO. The fraction of sp³-hybridized carbons (Fsp3) is 0.917. The van der Waals surface area contributed by atoms with Crippen molar-refractivity contribution in [1.82, 2.24) is 4.90 Å². The van der Waals surface area contributed by atoms with Crippen molar-refractivity contribution in [1.29, 1.82) is 0 Å². The molecule has 2 aliphatic carbocycles. The van der Waals surface area contributed by atoms with E-state index in [0.717, 1.165) is 24.7 Å². The van der Waals surface area contributed by atoms with Gasteiger partial charge in [-0.3, -0.25) is 4.79 Å². The van der Waals surface area contributed by atoms with Crippen LogP contribution in [0, 0.1) is 17.8 Å². The summed E-state index contributed by atoms with van der Waals surface area (Å²) in [4.78, 5) is 14.0. The van der Waals surface area contributed by atoms with Crippen molar-refractivity contribution >= 4 is 5.78 Å². The molecule has 0 amide bonds. The number of rotatable bonds is 2. The van der Waals surface area contributed by atoms with Gasteiger partial charge in [0.25, 0.3) is 0 Å². The number of hydrogen-bond donors (Lipinski definition) is 0. The molecular weight excluding hydrogens is 174 g/mol. The largest absolute Gasteiger partial charge is 0.309 e. The molecule has 0 spiro atoms. The monoisotopic (exact) mass is 195 g/mol. The molecule has 0 aromatic rings. The van der Waals surface area contributed by atoms with Gasteiger partial charge in [0.15, 0.2) is 0 Å². The van der Waals surface area contributed by atoms with Crippen LogP contribution < -0.4 is 0 Å². The van der Waals surface area contributed by atoms with Gasteiger partial charge in [-0.15, -0.1) is 0 Å². The molecule has 3 unspecified atom stereocenters. The van der Waals surface area contributed by atoms with Gasteiger partial charge in [0, 0.05) is 18.9 Å². The third-order valence-corrected chi connectivity index (χ3v) is 3.94. The first kappa shape index (κ1) is 10.2. The summed E-state index contributed by atoms with van der Waals surface area (Å²) in [6.07, 6.45) is 5.75. The Bertz CT molecular complexity index is 224. The van der Waals surface area contributed by atoms with Crippen molar-refractivity contribution in [2.24, 2.45) is 17.8 Å². The minimum absolute atomic E-state index is 0.439. The quantitative estimate of drug-likeness (QED) is 0.671. The molecule has 14 heavy (non-hydrogen) atoms. The lowest BCUT2D eigenvalue weighted by atomic mass is 9.77. The molecule has 0 aromatic carbocycles. The van der Waals surface area contributed by atoms with Gasteiger partial charge in [-0.1, -0.05) is 0 Å².